The molecule has 0 aromatic carbocycles. The van der Waals surface area contributed by atoms with Gasteiger partial charge in [-0.3, -0.25) is 0 Å². The Morgan fingerprint density at radius 2 is 2.23 bits per heavy atom. The highest BCUT2D eigenvalue weighted by atomic mass is 32.2. The summed E-state index contributed by atoms with van der Waals surface area (Å²) >= 11 is 0. The van der Waals surface area contributed by atoms with E-state index in [0.29, 0.717) is 6.54 Å². The van der Waals surface area contributed by atoms with Gasteiger partial charge in [-0.25, -0.2) is 13.4 Å². The van der Waals surface area contributed by atoms with Gasteiger partial charge in [-0.1, -0.05) is 6.92 Å². The molecular weight excluding hydrogens is 190 g/mol. The lowest BCUT2D eigenvalue weighted by Crippen LogP contribution is -2.26. The molecule has 0 spiro atoms. The molecule has 0 radical (unpaired) electrons. The van der Waals surface area contributed by atoms with E-state index in [9.17, 15) is 8.42 Å². The first-order valence-corrected chi connectivity index (χ1v) is 5.36. The van der Waals surface area contributed by atoms with Crippen LogP contribution in [0.2, 0.25) is 0 Å². The van der Waals surface area contributed by atoms with Crippen LogP contribution < -0.4 is 0 Å². The molecule has 0 saturated carbocycles. The van der Waals surface area contributed by atoms with Crippen LogP contribution in [0, 0.1) is 0 Å². The predicted molar refractivity (Wildman–Crippen MR) is 48.7 cm³/mol. The van der Waals surface area contributed by atoms with E-state index < -0.39 is 10.0 Å². The van der Waals surface area contributed by atoms with E-state index in [1.807, 2.05) is 0 Å². The maximum Gasteiger partial charge on any atom is 0.261 e. The molecule has 1 aromatic heterocycles. The average molecular weight is 203 g/mol. The highest BCUT2D eigenvalue weighted by Gasteiger charge is 2.21. The molecule has 1 heterocycles. The fourth-order valence-corrected chi connectivity index (χ4v) is 1.99. The Morgan fingerprint density at radius 1 is 1.62 bits per heavy atom. The third-order valence-electron chi connectivity index (χ3n) is 1.80. The van der Waals surface area contributed by atoms with E-state index in [-0.39, 0.29) is 5.03 Å². The van der Waals surface area contributed by atoms with Crippen molar-refractivity contribution in [3.8, 4) is 0 Å². The summed E-state index contributed by atoms with van der Waals surface area (Å²) in [4.78, 5) is 3.79. The fourth-order valence-electron chi connectivity index (χ4n) is 0.852. The summed E-state index contributed by atoms with van der Waals surface area (Å²) in [6, 6.07) is 0. The van der Waals surface area contributed by atoms with Gasteiger partial charge in [-0.2, -0.15) is 4.31 Å². The third kappa shape index (κ3) is 1.89. The molecule has 0 N–H and O–H groups in total. The molecule has 5 nitrogen and oxygen atoms in total. The minimum atomic E-state index is -3.37. The van der Waals surface area contributed by atoms with Gasteiger partial charge in [0.1, 0.15) is 0 Å². The summed E-state index contributed by atoms with van der Waals surface area (Å²) in [5.74, 6) is 0. The minimum Gasteiger partial charge on any atom is -0.339 e. The Hall–Kier alpha value is -0.880. The van der Waals surface area contributed by atoms with Gasteiger partial charge in [0.15, 0.2) is 5.03 Å². The van der Waals surface area contributed by atoms with Crippen molar-refractivity contribution in [1.82, 2.24) is 13.9 Å². The second-order valence-corrected chi connectivity index (χ2v) is 4.79. The Labute approximate surface area is 78.1 Å². The third-order valence-corrected chi connectivity index (χ3v) is 3.62. The van der Waals surface area contributed by atoms with Crippen LogP contribution in [0.3, 0.4) is 0 Å². The summed E-state index contributed by atoms with van der Waals surface area (Å²) in [5.41, 5.74) is 0. The maximum absolute atomic E-state index is 11.6. The molecule has 0 atom stereocenters. The maximum atomic E-state index is 11.6. The lowest BCUT2D eigenvalue weighted by atomic mass is 10.8. The Morgan fingerprint density at radius 3 is 2.62 bits per heavy atom. The molecule has 0 aliphatic carbocycles. The van der Waals surface area contributed by atoms with Gasteiger partial charge >= 0.3 is 0 Å². The number of nitrogens with zero attached hydrogens (tertiary/aromatic N) is 3. The Kier molecular flexibility index (Phi) is 2.72. The second kappa shape index (κ2) is 3.47. The van der Waals surface area contributed by atoms with Gasteiger partial charge in [-0.15, -0.1) is 0 Å². The summed E-state index contributed by atoms with van der Waals surface area (Å²) in [6.45, 7) is 2.22. The van der Waals surface area contributed by atoms with Crippen LogP contribution in [0.5, 0.6) is 0 Å². The summed E-state index contributed by atoms with van der Waals surface area (Å²) in [7, 11) is -0.101. The van der Waals surface area contributed by atoms with Crippen molar-refractivity contribution in [3.05, 3.63) is 12.5 Å². The van der Waals surface area contributed by atoms with Gasteiger partial charge in [0, 0.05) is 26.8 Å². The average Bonchev–Trinajstić information content (AvgIpc) is 2.50. The number of rotatable bonds is 3. The SMILES string of the molecule is CCN(C)S(=O)(=O)c1cn(C)cn1. The van der Waals surface area contributed by atoms with Gasteiger partial charge < -0.3 is 4.57 Å². The largest absolute Gasteiger partial charge is 0.339 e. The number of hydrogen-bond donors (Lipinski definition) is 0. The van der Waals surface area contributed by atoms with E-state index in [1.54, 1.807) is 18.5 Å². The van der Waals surface area contributed by atoms with Crippen LogP contribution in [0.15, 0.2) is 17.6 Å². The van der Waals surface area contributed by atoms with Crippen LogP contribution in [0.4, 0.5) is 0 Å². The quantitative estimate of drug-likeness (QED) is 0.698. The molecule has 1 rings (SSSR count). The summed E-state index contributed by atoms with van der Waals surface area (Å²) in [5, 5.41) is 0.0966. The molecule has 0 bridgehead atoms. The first-order valence-electron chi connectivity index (χ1n) is 3.92. The second-order valence-electron chi connectivity index (χ2n) is 2.80. The number of aromatic nitrogens is 2. The zero-order valence-electron chi connectivity index (χ0n) is 7.93. The Bertz CT molecular complexity index is 382. The molecule has 0 aliphatic rings. The zero-order chi connectivity index (χ0) is 10.1. The molecule has 1 aromatic rings. The van der Waals surface area contributed by atoms with Crippen LogP contribution in [0.25, 0.3) is 0 Å². The van der Waals surface area contributed by atoms with Crippen molar-refractivity contribution < 1.29 is 8.42 Å². The first-order chi connectivity index (χ1) is 5.98. The van der Waals surface area contributed by atoms with E-state index in [4.69, 9.17) is 0 Å². The lowest BCUT2D eigenvalue weighted by molar-refractivity contribution is 0.483. The topological polar surface area (TPSA) is 55.2 Å². The van der Waals surface area contributed by atoms with Crippen molar-refractivity contribution >= 4 is 10.0 Å². The van der Waals surface area contributed by atoms with Gasteiger partial charge in [0.25, 0.3) is 10.0 Å². The van der Waals surface area contributed by atoms with Crippen LogP contribution in [-0.4, -0.2) is 35.9 Å². The normalized spacial score (nSPS) is 12.3. The van der Waals surface area contributed by atoms with E-state index in [0.717, 1.165) is 0 Å². The van der Waals surface area contributed by atoms with Gasteiger partial charge in [-0.05, 0) is 0 Å². The van der Waals surface area contributed by atoms with Crippen molar-refractivity contribution in [2.75, 3.05) is 13.6 Å². The number of imidazole rings is 1. The van der Waals surface area contributed by atoms with Crippen LogP contribution in [-0.2, 0) is 17.1 Å². The smallest absolute Gasteiger partial charge is 0.261 e. The molecule has 0 amide bonds. The molecule has 0 aliphatic heterocycles. The standard InChI is InChI=1S/C7H13N3O2S/c1-4-10(3)13(11,12)7-5-9(2)6-8-7/h5-6H,4H2,1-3H3. The minimum absolute atomic E-state index is 0.0966. The Balaban J connectivity index is 3.08. The van der Waals surface area contributed by atoms with Crippen LogP contribution >= 0.6 is 0 Å². The monoisotopic (exact) mass is 203 g/mol. The van der Waals surface area contributed by atoms with E-state index in [2.05, 4.69) is 4.98 Å². The fraction of sp³-hybridized carbons (Fsp3) is 0.571. The first kappa shape index (κ1) is 10.2. The van der Waals surface area contributed by atoms with Crippen molar-refractivity contribution in [1.29, 1.82) is 0 Å². The van der Waals surface area contributed by atoms with E-state index >= 15 is 0 Å². The highest BCUT2D eigenvalue weighted by Crippen LogP contribution is 2.09. The van der Waals surface area contributed by atoms with Crippen molar-refractivity contribution in [2.24, 2.45) is 7.05 Å². The highest BCUT2D eigenvalue weighted by molar-refractivity contribution is 7.89. The molecule has 6 heteroatoms. The molecular formula is C7H13N3O2S. The van der Waals surface area contributed by atoms with Gasteiger partial charge in [0.05, 0.1) is 6.33 Å². The summed E-state index contributed by atoms with van der Waals surface area (Å²) < 4.78 is 26.1. The molecule has 0 unspecified atom stereocenters. The lowest BCUT2D eigenvalue weighted by Gasteiger charge is -2.11. The molecule has 13 heavy (non-hydrogen) atoms. The summed E-state index contributed by atoms with van der Waals surface area (Å²) in [6.07, 6.45) is 2.96. The number of aryl methyl sites for hydroxylation is 1. The molecule has 0 saturated heterocycles. The zero-order valence-corrected chi connectivity index (χ0v) is 8.74. The number of sulfonamides is 1. The van der Waals surface area contributed by atoms with E-state index in [1.165, 1.54) is 23.9 Å². The molecule has 0 fully saturated rings. The van der Waals surface area contributed by atoms with Gasteiger partial charge in [0.2, 0.25) is 0 Å². The van der Waals surface area contributed by atoms with Crippen LogP contribution in [0.1, 0.15) is 6.92 Å². The predicted octanol–water partition coefficient (Wildman–Crippen LogP) is 0.0605. The van der Waals surface area contributed by atoms with Crippen molar-refractivity contribution in [2.45, 2.75) is 11.9 Å². The van der Waals surface area contributed by atoms with Crippen molar-refractivity contribution in [3.63, 3.8) is 0 Å². The molecule has 74 valence electrons. The number of hydrogen-bond acceptors (Lipinski definition) is 3.